The van der Waals surface area contributed by atoms with E-state index in [2.05, 4.69) is 9.72 Å². The van der Waals surface area contributed by atoms with Crippen molar-refractivity contribution in [1.29, 1.82) is 0 Å². The first-order valence-corrected chi connectivity index (χ1v) is 4.72. The fourth-order valence-corrected chi connectivity index (χ4v) is 1.37. The number of aliphatic carboxylic acids is 1. The minimum Gasteiger partial charge on any atom is -0.481 e. The third kappa shape index (κ3) is 4.08. The molecule has 0 fully saturated rings. The second kappa shape index (κ2) is 5.08. The molecule has 0 spiro atoms. The van der Waals surface area contributed by atoms with Gasteiger partial charge in [-0.05, 0) is 6.92 Å². The van der Waals surface area contributed by atoms with E-state index in [4.69, 9.17) is 5.11 Å². The molecule has 0 saturated heterocycles. The Labute approximate surface area is 103 Å². The van der Waals surface area contributed by atoms with Crippen molar-refractivity contribution in [3.8, 4) is 5.75 Å². The van der Waals surface area contributed by atoms with Crippen LogP contribution in [-0.4, -0.2) is 27.3 Å². The standard InChI is InChI=1S/C9H7F3N2O5/c1-4-8(14(17)18)6(19-9(10,11)12)2-5(13-4)3-7(15)16/h2H,3H2,1H3,(H,15,16). The summed E-state index contributed by atoms with van der Waals surface area (Å²) < 4.78 is 39.9. The van der Waals surface area contributed by atoms with Crippen LogP contribution in [0.5, 0.6) is 5.75 Å². The summed E-state index contributed by atoms with van der Waals surface area (Å²) in [5.41, 5.74) is -1.58. The van der Waals surface area contributed by atoms with Crippen LogP contribution in [0.1, 0.15) is 11.4 Å². The van der Waals surface area contributed by atoms with Crippen molar-refractivity contribution in [2.45, 2.75) is 19.7 Å². The van der Waals surface area contributed by atoms with Gasteiger partial charge >= 0.3 is 18.0 Å². The molecule has 1 aromatic rings. The number of ether oxygens (including phenoxy) is 1. The van der Waals surface area contributed by atoms with Gasteiger partial charge in [0.15, 0.2) is 0 Å². The van der Waals surface area contributed by atoms with E-state index in [0.29, 0.717) is 6.07 Å². The Kier molecular flexibility index (Phi) is 3.92. The second-order valence-electron chi connectivity index (χ2n) is 3.42. The number of nitro groups is 1. The quantitative estimate of drug-likeness (QED) is 0.666. The van der Waals surface area contributed by atoms with Crippen LogP contribution in [0.3, 0.4) is 0 Å². The van der Waals surface area contributed by atoms with Crippen molar-refractivity contribution < 1.29 is 32.7 Å². The Bertz CT molecular complexity index is 529. The summed E-state index contributed by atoms with van der Waals surface area (Å²) >= 11 is 0. The van der Waals surface area contributed by atoms with Crippen LogP contribution in [0, 0.1) is 17.0 Å². The molecule has 0 unspecified atom stereocenters. The zero-order chi connectivity index (χ0) is 14.8. The monoisotopic (exact) mass is 280 g/mol. The molecule has 0 saturated carbocycles. The number of aryl methyl sites for hydroxylation is 1. The number of rotatable bonds is 4. The lowest BCUT2D eigenvalue weighted by Crippen LogP contribution is -2.19. The first-order chi connectivity index (χ1) is 8.60. The molecule has 0 amide bonds. The van der Waals surface area contributed by atoms with Gasteiger partial charge in [-0.3, -0.25) is 19.9 Å². The Morgan fingerprint density at radius 1 is 1.58 bits per heavy atom. The summed E-state index contributed by atoms with van der Waals surface area (Å²) in [5, 5.41) is 19.2. The van der Waals surface area contributed by atoms with Crippen LogP contribution >= 0.6 is 0 Å². The number of alkyl halides is 3. The Balaban J connectivity index is 3.32. The molecule has 0 aliphatic carbocycles. The van der Waals surface area contributed by atoms with Gasteiger partial charge in [-0.25, -0.2) is 0 Å². The molecule has 0 aliphatic heterocycles. The zero-order valence-electron chi connectivity index (χ0n) is 9.39. The van der Waals surface area contributed by atoms with Gasteiger partial charge in [0, 0.05) is 6.07 Å². The van der Waals surface area contributed by atoms with Gasteiger partial charge in [-0.15, -0.1) is 13.2 Å². The van der Waals surface area contributed by atoms with E-state index in [0.717, 1.165) is 6.92 Å². The summed E-state index contributed by atoms with van der Waals surface area (Å²) in [6.07, 6.45) is -5.80. The molecule has 0 radical (unpaired) electrons. The minimum atomic E-state index is -5.13. The van der Waals surface area contributed by atoms with E-state index >= 15 is 0 Å². The van der Waals surface area contributed by atoms with E-state index in [9.17, 15) is 28.1 Å². The lowest BCUT2D eigenvalue weighted by atomic mass is 10.2. The van der Waals surface area contributed by atoms with Crippen LogP contribution < -0.4 is 4.74 Å². The first kappa shape index (κ1) is 14.7. The first-order valence-electron chi connectivity index (χ1n) is 4.72. The lowest BCUT2D eigenvalue weighted by Gasteiger charge is -2.11. The maximum absolute atomic E-state index is 12.1. The molecular weight excluding hydrogens is 273 g/mol. The number of halogens is 3. The lowest BCUT2D eigenvalue weighted by molar-refractivity contribution is -0.389. The van der Waals surface area contributed by atoms with Crippen molar-refractivity contribution in [3.05, 3.63) is 27.6 Å². The maximum Gasteiger partial charge on any atom is 0.573 e. The molecule has 19 heavy (non-hydrogen) atoms. The largest absolute Gasteiger partial charge is 0.573 e. The molecule has 10 heteroatoms. The highest BCUT2D eigenvalue weighted by atomic mass is 19.4. The van der Waals surface area contributed by atoms with Crippen molar-refractivity contribution >= 4 is 11.7 Å². The van der Waals surface area contributed by atoms with Gasteiger partial charge in [-0.2, -0.15) is 0 Å². The molecule has 104 valence electrons. The summed E-state index contributed by atoms with van der Waals surface area (Å²) in [5.74, 6) is -2.42. The van der Waals surface area contributed by atoms with Crippen molar-refractivity contribution in [2.24, 2.45) is 0 Å². The summed E-state index contributed by atoms with van der Waals surface area (Å²) in [6, 6.07) is 0.590. The van der Waals surface area contributed by atoms with Crippen molar-refractivity contribution in [2.75, 3.05) is 0 Å². The smallest absolute Gasteiger partial charge is 0.481 e. The van der Waals surface area contributed by atoms with Crippen molar-refractivity contribution in [3.63, 3.8) is 0 Å². The molecule has 1 N–H and O–H groups in total. The van der Waals surface area contributed by atoms with Crippen LogP contribution in [0.2, 0.25) is 0 Å². The summed E-state index contributed by atoms with van der Waals surface area (Å²) in [4.78, 5) is 23.6. The predicted octanol–water partition coefficient (Wildman–Crippen LogP) is 1.82. The van der Waals surface area contributed by atoms with Crippen LogP contribution in [0.4, 0.5) is 18.9 Å². The Hall–Kier alpha value is -2.39. The molecule has 1 heterocycles. The van der Waals surface area contributed by atoms with Gasteiger partial charge in [0.1, 0.15) is 5.69 Å². The molecule has 0 aliphatic rings. The number of carboxylic acids is 1. The van der Waals surface area contributed by atoms with E-state index < -0.39 is 35.1 Å². The predicted molar refractivity (Wildman–Crippen MR) is 53.7 cm³/mol. The molecule has 0 aromatic carbocycles. The molecular formula is C9H7F3N2O5. The fourth-order valence-electron chi connectivity index (χ4n) is 1.37. The number of pyridine rings is 1. The molecule has 1 aromatic heterocycles. The van der Waals surface area contributed by atoms with Gasteiger partial charge in [-0.1, -0.05) is 0 Å². The zero-order valence-corrected chi connectivity index (χ0v) is 9.39. The summed E-state index contributed by atoms with van der Waals surface area (Å²) in [7, 11) is 0. The number of hydrogen-bond donors (Lipinski definition) is 1. The van der Waals surface area contributed by atoms with E-state index in [1.54, 1.807) is 0 Å². The highest BCUT2D eigenvalue weighted by molar-refractivity contribution is 5.70. The third-order valence-corrected chi connectivity index (χ3v) is 1.93. The van der Waals surface area contributed by atoms with E-state index in [1.807, 2.05) is 0 Å². The molecule has 0 atom stereocenters. The second-order valence-corrected chi connectivity index (χ2v) is 3.42. The van der Waals surface area contributed by atoms with E-state index in [1.165, 1.54) is 0 Å². The van der Waals surface area contributed by atoms with E-state index in [-0.39, 0.29) is 11.4 Å². The summed E-state index contributed by atoms with van der Waals surface area (Å²) in [6.45, 7) is 1.09. The Morgan fingerprint density at radius 3 is 2.58 bits per heavy atom. The number of carbonyl (C=O) groups is 1. The highest BCUT2D eigenvalue weighted by Gasteiger charge is 2.35. The van der Waals surface area contributed by atoms with Gasteiger partial charge in [0.25, 0.3) is 0 Å². The third-order valence-electron chi connectivity index (χ3n) is 1.93. The number of nitrogens with zero attached hydrogens (tertiary/aromatic N) is 2. The van der Waals surface area contributed by atoms with Crippen LogP contribution in [0.25, 0.3) is 0 Å². The molecule has 0 bridgehead atoms. The van der Waals surface area contributed by atoms with Crippen LogP contribution in [0.15, 0.2) is 6.07 Å². The average Bonchev–Trinajstić information content (AvgIpc) is 2.10. The maximum atomic E-state index is 12.1. The van der Waals surface area contributed by atoms with Crippen molar-refractivity contribution in [1.82, 2.24) is 4.98 Å². The number of aromatic nitrogens is 1. The molecule has 1 rings (SSSR count). The number of hydrogen-bond acceptors (Lipinski definition) is 5. The molecule has 7 nitrogen and oxygen atoms in total. The average molecular weight is 280 g/mol. The van der Waals surface area contributed by atoms with Crippen LogP contribution in [-0.2, 0) is 11.2 Å². The number of carboxylic acid groups (broad SMARTS) is 1. The Morgan fingerprint density at radius 2 is 2.16 bits per heavy atom. The minimum absolute atomic E-state index is 0.269. The normalized spacial score (nSPS) is 11.2. The van der Waals surface area contributed by atoms with Gasteiger partial charge in [0.05, 0.1) is 17.0 Å². The van der Waals surface area contributed by atoms with Gasteiger partial charge < -0.3 is 9.84 Å². The van der Waals surface area contributed by atoms with Gasteiger partial charge in [0.2, 0.25) is 5.75 Å². The highest BCUT2D eigenvalue weighted by Crippen LogP contribution is 2.34. The fraction of sp³-hybridized carbons (Fsp3) is 0.333. The SMILES string of the molecule is Cc1nc(CC(=O)O)cc(OC(F)(F)F)c1[N+](=O)[O-]. The topological polar surface area (TPSA) is 103 Å².